The number of phenolic OH excluding ortho intramolecular Hbond substituents is 1. The lowest BCUT2D eigenvalue weighted by molar-refractivity contribution is -0.115. The molecule has 0 saturated carbocycles. The Kier molecular flexibility index (Phi) is 2.87. The molecular formula is C18H16BrN3O2. The first-order valence-corrected chi connectivity index (χ1v) is 9.07. The minimum Gasteiger partial charge on any atom is -0.504 e. The normalized spacial score (nSPS) is 26.6. The van der Waals surface area contributed by atoms with Crippen molar-refractivity contribution in [1.82, 2.24) is 0 Å². The van der Waals surface area contributed by atoms with Crippen LogP contribution in [0.15, 0.2) is 20.5 Å². The number of fused-ring (bicyclic) bond motifs is 3. The van der Waals surface area contributed by atoms with Crippen LogP contribution in [0.3, 0.4) is 0 Å². The standard InChI is InChI=1S/C18H16BrN3O2/c19-10-7-18(3-1-11(10)23)4-6-21-16-13(18)14-12-9(2-5-20-14)8-22-15(12)17(16)24/h7-8,21,24H,1-6H2/t18-/m1/s1. The first-order valence-electron chi connectivity index (χ1n) is 8.27. The first kappa shape index (κ1) is 14.4. The van der Waals surface area contributed by atoms with Gasteiger partial charge in [-0.3, -0.25) is 14.8 Å². The van der Waals surface area contributed by atoms with Gasteiger partial charge in [-0.25, -0.2) is 0 Å². The molecule has 1 aromatic rings. The molecule has 1 aliphatic carbocycles. The quantitative estimate of drug-likeness (QED) is 0.670. The smallest absolute Gasteiger partial charge is 0.169 e. The van der Waals surface area contributed by atoms with Gasteiger partial charge < -0.3 is 10.4 Å². The number of nitrogens with one attached hydrogen (secondary N) is 1. The third kappa shape index (κ3) is 1.72. The van der Waals surface area contributed by atoms with Crippen molar-refractivity contribution in [2.75, 3.05) is 18.4 Å². The van der Waals surface area contributed by atoms with Crippen LogP contribution in [-0.4, -0.2) is 30.2 Å². The van der Waals surface area contributed by atoms with Crippen molar-refractivity contribution >= 4 is 44.9 Å². The molecule has 3 aliphatic heterocycles. The van der Waals surface area contributed by atoms with Gasteiger partial charge >= 0.3 is 0 Å². The summed E-state index contributed by atoms with van der Waals surface area (Å²) in [5.74, 6) is 0.361. The zero-order valence-corrected chi connectivity index (χ0v) is 14.6. The summed E-state index contributed by atoms with van der Waals surface area (Å²) in [6.07, 6.45) is 6.92. The van der Waals surface area contributed by atoms with Crippen LogP contribution >= 0.6 is 15.9 Å². The summed E-state index contributed by atoms with van der Waals surface area (Å²) in [6.45, 7) is 1.49. The largest absolute Gasteiger partial charge is 0.504 e. The Labute approximate surface area is 147 Å². The van der Waals surface area contributed by atoms with E-state index in [1.165, 1.54) is 0 Å². The predicted molar refractivity (Wildman–Crippen MR) is 96.0 cm³/mol. The molecule has 0 fully saturated rings. The molecule has 0 bridgehead atoms. The van der Waals surface area contributed by atoms with Crippen LogP contribution in [0.2, 0.25) is 0 Å². The predicted octanol–water partition coefficient (Wildman–Crippen LogP) is 1.98. The van der Waals surface area contributed by atoms with Crippen molar-refractivity contribution in [3.63, 3.8) is 0 Å². The summed E-state index contributed by atoms with van der Waals surface area (Å²) in [6, 6.07) is 0. The van der Waals surface area contributed by atoms with Crippen molar-refractivity contribution in [2.45, 2.75) is 31.1 Å². The van der Waals surface area contributed by atoms with E-state index in [2.05, 4.69) is 26.2 Å². The summed E-state index contributed by atoms with van der Waals surface area (Å²) in [5.41, 5.74) is 3.32. The molecule has 122 valence electrons. The van der Waals surface area contributed by atoms with Crippen molar-refractivity contribution in [1.29, 1.82) is 0 Å². The van der Waals surface area contributed by atoms with Gasteiger partial charge in [0.05, 0.1) is 15.5 Å². The zero-order chi connectivity index (χ0) is 16.5. The summed E-state index contributed by atoms with van der Waals surface area (Å²) in [5, 5.41) is 16.1. The number of aromatic hydroxyl groups is 1. The van der Waals surface area contributed by atoms with Crippen LogP contribution in [0, 0.1) is 0 Å². The number of carbonyl (C=O) groups is 1. The molecule has 4 aliphatic rings. The maximum atomic E-state index is 12.0. The third-order valence-electron chi connectivity index (χ3n) is 5.58. The average Bonchev–Trinajstić information content (AvgIpc) is 3.02. The molecule has 0 saturated heterocycles. The van der Waals surface area contributed by atoms with E-state index in [9.17, 15) is 9.90 Å². The molecule has 0 aromatic heterocycles. The number of hydrogen-bond donors (Lipinski definition) is 2. The van der Waals surface area contributed by atoms with Gasteiger partial charge in [0, 0.05) is 41.9 Å². The fourth-order valence-electron chi connectivity index (χ4n) is 4.42. The highest BCUT2D eigenvalue weighted by molar-refractivity contribution is 9.12. The highest BCUT2D eigenvalue weighted by Gasteiger charge is 2.42. The summed E-state index contributed by atoms with van der Waals surface area (Å²) in [4.78, 5) is 21.2. The van der Waals surface area contributed by atoms with Crippen molar-refractivity contribution in [3.8, 4) is 5.75 Å². The number of anilines is 1. The highest BCUT2D eigenvalue weighted by Crippen LogP contribution is 2.48. The van der Waals surface area contributed by atoms with Crippen LogP contribution < -0.4 is 15.9 Å². The molecule has 24 heavy (non-hydrogen) atoms. The second-order valence-corrected chi connectivity index (χ2v) is 7.69. The van der Waals surface area contributed by atoms with Crippen LogP contribution in [-0.2, 0) is 10.2 Å². The van der Waals surface area contributed by atoms with Gasteiger partial charge in [-0.2, -0.15) is 0 Å². The molecular weight excluding hydrogens is 370 g/mol. The van der Waals surface area contributed by atoms with E-state index in [1.54, 1.807) is 0 Å². The number of benzene rings is 1. The number of nitrogens with zero attached hydrogens (tertiary/aromatic N) is 2. The second-order valence-electron chi connectivity index (χ2n) is 6.83. The molecule has 3 heterocycles. The minimum atomic E-state index is -0.260. The lowest BCUT2D eigenvalue weighted by atomic mass is 9.68. The molecule has 1 spiro atoms. The molecule has 0 unspecified atom stereocenters. The number of rotatable bonds is 0. The van der Waals surface area contributed by atoms with Gasteiger partial charge in [-0.1, -0.05) is 6.08 Å². The Morgan fingerprint density at radius 3 is 3.00 bits per heavy atom. The van der Waals surface area contributed by atoms with Gasteiger partial charge in [0.25, 0.3) is 0 Å². The summed E-state index contributed by atoms with van der Waals surface area (Å²) in [7, 11) is 0. The molecule has 5 rings (SSSR count). The molecule has 2 N–H and O–H groups in total. The summed E-state index contributed by atoms with van der Waals surface area (Å²) < 4.78 is 0.644. The van der Waals surface area contributed by atoms with E-state index in [0.29, 0.717) is 16.6 Å². The van der Waals surface area contributed by atoms with Crippen molar-refractivity contribution in [2.24, 2.45) is 9.98 Å². The molecule has 6 heteroatoms. The van der Waals surface area contributed by atoms with Crippen LogP contribution in [0.1, 0.15) is 31.2 Å². The lowest BCUT2D eigenvalue weighted by Crippen LogP contribution is -2.45. The number of Topliss-reactive ketones (excluding diaryl/α,β-unsaturated/α-hetero) is 1. The SMILES string of the molecule is O=C1CC[C@]2(C=C1Br)CCNc1c(O)c3c4c(c12)=NCCC=4C=N3. The van der Waals surface area contributed by atoms with E-state index < -0.39 is 0 Å². The van der Waals surface area contributed by atoms with Crippen LogP contribution in [0.5, 0.6) is 5.75 Å². The van der Waals surface area contributed by atoms with Gasteiger partial charge in [-0.15, -0.1) is 0 Å². The monoisotopic (exact) mass is 385 g/mol. The number of phenols is 1. The molecule has 1 atom stereocenters. The molecule has 5 nitrogen and oxygen atoms in total. The van der Waals surface area contributed by atoms with Gasteiger partial charge in [-0.05, 0) is 40.8 Å². The molecule has 0 radical (unpaired) electrons. The topological polar surface area (TPSA) is 74.0 Å². The number of carbonyl (C=O) groups excluding carboxylic acids is 1. The highest BCUT2D eigenvalue weighted by atomic mass is 79.9. The van der Waals surface area contributed by atoms with Crippen LogP contribution in [0.25, 0.3) is 5.57 Å². The lowest BCUT2D eigenvalue weighted by Gasteiger charge is -2.40. The number of hydrogen-bond acceptors (Lipinski definition) is 5. The molecule has 1 aromatic carbocycles. The van der Waals surface area contributed by atoms with Crippen molar-refractivity contribution in [3.05, 3.63) is 26.7 Å². The van der Waals surface area contributed by atoms with Crippen molar-refractivity contribution < 1.29 is 9.90 Å². The second kappa shape index (κ2) is 4.79. The third-order valence-corrected chi connectivity index (χ3v) is 6.25. The zero-order valence-electron chi connectivity index (χ0n) is 13.0. The number of aliphatic imine (C=N–C) groups is 1. The Balaban J connectivity index is 1.92. The van der Waals surface area contributed by atoms with Gasteiger partial charge in [0.15, 0.2) is 11.5 Å². The van der Waals surface area contributed by atoms with E-state index in [0.717, 1.165) is 59.8 Å². The van der Waals surface area contributed by atoms with Gasteiger partial charge in [0.1, 0.15) is 5.69 Å². The van der Waals surface area contributed by atoms with Gasteiger partial charge in [0.2, 0.25) is 0 Å². The molecule has 0 amide bonds. The Morgan fingerprint density at radius 2 is 2.17 bits per heavy atom. The number of allylic oxidation sites excluding steroid dienone is 2. The number of halogens is 1. The summed E-state index contributed by atoms with van der Waals surface area (Å²) >= 11 is 3.44. The Bertz CT molecular complexity index is 993. The maximum Gasteiger partial charge on any atom is 0.169 e. The van der Waals surface area contributed by atoms with E-state index in [1.807, 2.05) is 12.3 Å². The fourth-order valence-corrected chi connectivity index (χ4v) is 5.06. The fraction of sp³-hybridized carbons (Fsp3) is 0.389. The Hall–Kier alpha value is -1.95. The van der Waals surface area contributed by atoms with Crippen LogP contribution in [0.4, 0.5) is 11.4 Å². The maximum absolute atomic E-state index is 12.0. The number of ketones is 1. The van der Waals surface area contributed by atoms with E-state index >= 15 is 0 Å². The van der Waals surface area contributed by atoms with E-state index in [-0.39, 0.29) is 16.9 Å². The van der Waals surface area contributed by atoms with E-state index in [4.69, 9.17) is 4.99 Å². The minimum absolute atomic E-state index is 0.146. The average molecular weight is 386 g/mol. The first-order chi connectivity index (χ1) is 11.6. The Morgan fingerprint density at radius 1 is 1.29 bits per heavy atom.